The fourth-order valence-corrected chi connectivity index (χ4v) is 4.40. The van der Waals surface area contributed by atoms with E-state index in [0.717, 1.165) is 36.5 Å². The van der Waals surface area contributed by atoms with Crippen molar-refractivity contribution in [2.24, 2.45) is 0 Å². The van der Waals surface area contributed by atoms with Gasteiger partial charge >= 0.3 is 0 Å². The summed E-state index contributed by atoms with van der Waals surface area (Å²) in [6.45, 7) is 9.17. The summed E-state index contributed by atoms with van der Waals surface area (Å²) >= 11 is 0. The van der Waals surface area contributed by atoms with Crippen molar-refractivity contribution in [1.29, 1.82) is 0 Å². The topological polar surface area (TPSA) is 112 Å². The molecule has 0 heterocycles. The van der Waals surface area contributed by atoms with E-state index in [4.69, 9.17) is 0 Å². The van der Waals surface area contributed by atoms with Crippen LogP contribution < -0.4 is 0 Å². The summed E-state index contributed by atoms with van der Waals surface area (Å²) in [6.07, 6.45) is 14.3. The molecule has 0 fully saturated rings. The molecule has 9 nitrogen and oxygen atoms in total. The molecule has 0 aromatic rings. The Labute approximate surface area is 201 Å². The number of carbonyl (C=O) groups is 6. The van der Waals surface area contributed by atoms with Crippen molar-refractivity contribution in [3.8, 4) is 0 Å². The SMILES string of the molecule is C/C=C/C(=O)N(C(=O)/C=C/C)P(N(C(=O)/C=C/C)C(=O)/C=C/C)N(C(=O)/C=C/C)C(=O)/C=C/C. The highest BCUT2D eigenvalue weighted by molar-refractivity contribution is 7.55. The summed E-state index contributed by atoms with van der Waals surface area (Å²) in [5.41, 5.74) is 0. The number of nitrogens with zero attached hydrogens (tertiary/aromatic N) is 3. The predicted molar refractivity (Wildman–Crippen MR) is 131 cm³/mol. The second kappa shape index (κ2) is 16.0. The number of allylic oxidation sites excluding steroid dienone is 6. The van der Waals surface area contributed by atoms with Crippen LogP contribution in [0.5, 0.6) is 0 Å². The molecule has 0 aromatic carbocycles. The monoisotopic (exact) mass is 487 g/mol. The lowest BCUT2D eigenvalue weighted by Gasteiger charge is -2.39. The maximum absolute atomic E-state index is 13.1. The quantitative estimate of drug-likeness (QED) is 0.362. The molecule has 34 heavy (non-hydrogen) atoms. The molecule has 0 rings (SSSR count). The Balaban J connectivity index is 7.63. The standard InChI is InChI=1S/C24H30N3O6P/c1-7-13-19(28)25(20(29)14-8-2)34(26(21(30)15-9-3)22(31)16-10-4)27(23(32)17-11-5)24(33)18-12-6/h7-18H,1-6H3/b13-7+,14-8+,15-9+,16-10+,17-11+,18-12+. The average Bonchev–Trinajstić information content (AvgIpc) is 2.75. The van der Waals surface area contributed by atoms with Gasteiger partial charge in [0, 0.05) is 0 Å². The van der Waals surface area contributed by atoms with Crippen LogP contribution in [-0.2, 0) is 28.8 Å². The molecule has 6 amide bonds. The lowest BCUT2D eigenvalue weighted by Crippen LogP contribution is -2.48. The van der Waals surface area contributed by atoms with Crippen molar-refractivity contribution in [2.75, 3.05) is 0 Å². The van der Waals surface area contributed by atoms with Gasteiger partial charge in [-0.2, -0.15) is 0 Å². The van der Waals surface area contributed by atoms with Crippen LogP contribution in [0.25, 0.3) is 0 Å². The number of rotatable bonds is 9. The van der Waals surface area contributed by atoms with E-state index in [1.165, 1.54) is 78.0 Å². The third-order valence-corrected chi connectivity index (χ3v) is 5.90. The van der Waals surface area contributed by atoms with E-state index < -0.39 is 43.8 Å². The first-order chi connectivity index (χ1) is 16.2. The molecule has 0 aliphatic rings. The molecule has 0 aliphatic carbocycles. The van der Waals surface area contributed by atoms with Gasteiger partial charge in [0.1, 0.15) is 0 Å². The lowest BCUT2D eigenvalue weighted by molar-refractivity contribution is -0.135. The Morgan fingerprint density at radius 2 is 0.529 bits per heavy atom. The van der Waals surface area contributed by atoms with Gasteiger partial charge in [-0.25, -0.2) is 14.0 Å². The van der Waals surface area contributed by atoms with Gasteiger partial charge < -0.3 is 0 Å². The normalized spacial score (nSPS) is 12.1. The molecule has 0 unspecified atom stereocenters. The molecular formula is C24H30N3O6P. The van der Waals surface area contributed by atoms with Crippen molar-refractivity contribution in [3.63, 3.8) is 0 Å². The van der Waals surface area contributed by atoms with Gasteiger partial charge in [0.25, 0.3) is 35.4 Å². The van der Waals surface area contributed by atoms with Crippen LogP contribution in [0.2, 0.25) is 0 Å². The zero-order valence-corrected chi connectivity index (χ0v) is 21.1. The molecule has 0 spiro atoms. The maximum Gasteiger partial charge on any atom is 0.259 e. The summed E-state index contributed by atoms with van der Waals surface area (Å²) in [6, 6.07) is 0. The van der Waals surface area contributed by atoms with Crippen LogP contribution in [-0.4, -0.2) is 49.5 Å². The summed E-state index contributed by atoms with van der Waals surface area (Å²) in [5, 5.41) is 0. The molecule has 0 saturated carbocycles. The molecule has 0 saturated heterocycles. The molecule has 0 aliphatic heterocycles. The fraction of sp³-hybridized carbons (Fsp3) is 0.250. The molecule has 0 atom stereocenters. The zero-order chi connectivity index (χ0) is 26.3. The second-order valence-electron chi connectivity index (χ2n) is 6.23. The molecule has 0 radical (unpaired) electrons. The first kappa shape index (κ1) is 30.3. The van der Waals surface area contributed by atoms with E-state index in [1.54, 1.807) is 0 Å². The summed E-state index contributed by atoms with van der Waals surface area (Å²) < 4.78 is 1.71. The zero-order valence-electron chi connectivity index (χ0n) is 20.2. The molecule has 0 aromatic heterocycles. The van der Waals surface area contributed by atoms with Crippen LogP contribution in [0.15, 0.2) is 72.9 Å². The highest BCUT2D eigenvalue weighted by Crippen LogP contribution is 2.50. The van der Waals surface area contributed by atoms with E-state index in [0.29, 0.717) is 14.0 Å². The van der Waals surface area contributed by atoms with E-state index in [9.17, 15) is 28.8 Å². The van der Waals surface area contributed by atoms with E-state index in [1.807, 2.05) is 0 Å². The minimum Gasteiger partial charge on any atom is -0.269 e. The second-order valence-corrected chi connectivity index (χ2v) is 7.97. The molecule has 182 valence electrons. The average molecular weight is 487 g/mol. The Hall–Kier alpha value is -3.71. The Bertz CT molecular complexity index is 780. The first-order valence-electron chi connectivity index (χ1n) is 10.4. The van der Waals surface area contributed by atoms with Gasteiger partial charge in [0.15, 0.2) is 0 Å². The number of hydrogen-bond donors (Lipinski definition) is 0. The number of hydrogen-bond acceptors (Lipinski definition) is 6. The Morgan fingerprint density at radius 3 is 0.647 bits per heavy atom. The van der Waals surface area contributed by atoms with Crippen LogP contribution in [0, 0.1) is 0 Å². The summed E-state index contributed by atoms with van der Waals surface area (Å²) in [4.78, 5) is 78.4. The predicted octanol–water partition coefficient (Wildman–Crippen LogP) is 3.74. The third-order valence-electron chi connectivity index (χ3n) is 3.64. The Kier molecular flexibility index (Phi) is 14.2. The van der Waals surface area contributed by atoms with E-state index in [-0.39, 0.29) is 0 Å². The largest absolute Gasteiger partial charge is 0.269 e. The highest BCUT2D eigenvalue weighted by atomic mass is 31.2. The fourth-order valence-electron chi connectivity index (χ4n) is 2.40. The smallest absolute Gasteiger partial charge is 0.259 e. The van der Waals surface area contributed by atoms with Crippen molar-refractivity contribution in [1.82, 2.24) is 14.0 Å². The third kappa shape index (κ3) is 8.33. The van der Waals surface area contributed by atoms with Gasteiger partial charge in [-0.15, -0.1) is 0 Å². The minimum absolute atomic E-state index is 0.570. The van der Waals surface area contributed by atoms with E-state index >= 15 is 0 Å². The summed E-state index contributed by atoms with van der Waals surface area (Å²) in [5.74, 6) is -5.53. The molecule has 10 heteroatoms. The summed E-state index contributed by atoms with van der Waals surface area (Å²) in [7, 11) is -2.96. The van der Waals surface area contributed by atoms with Gasteiger partial charge in [0.05, 0.1) is 0 Å². The molecule has 0 bridgehead atoms. The van der Waals surface area contributed by atoms with Gasteiger partial charge in [-0.05, 0) is 78.0 Å². The van der Waals surface area contributed by atoms with Crippen LogP contribution in [0.3, 0.4) is 0 Å². The van der Waals surface area contributed by atoms with Crippen LogP contribution >= 0.6 is 8.37 Å². The minimum atomic E-state index is -2.96. The molecular weight excluding hydrogens is 457 g/mol. The Morgan fingerprint density at radius 1 is 0.382 bits per heavy atom. The molecule has 0 N–H and O–H groups in total. The van der Waals surface area contributed by atoms with Crippen molar-refractivity contribution in [2.45, 2.75) is 41.5 Å². The van der Waals surface area contributed by atoms with Crippen molar-refractivity contribution in [3.05, 3.63) is 72.9 Å². The van der Waals surface area contributed by atoms with Gasteiger partial charge in [-0.1, -0.05) is 36.5 Å². The lowest BCUT2D eigenvalue weighted by atomic mass is 10.4. The van der Waals surface area contributed by atoms with Crippen LogP contribution in [0.4, 0.5) is 0 Å². The highest BCUT2D eigenvalue weighted by Gasteiger charge is 2.46. The van der Waals surface area contributed by atoms with E-state index in [2.05, 4.69) is 0 Å². The van der Waals surface area contributed by atoms with Gasteiger partial charge in [0.2, 0.25) is 8.37 Å². The van der Waals surface area contributed by atoms with Crippen molar-refractivity contribution < 1.29 is 28.8 Å². The maximum atomic E-state index is 13.1. The first-order valence-corrected chi connectivity index (χ1v) is 11.6. The number of amides is 6. The number of carbonyl (C=O) groups excluding carboxylic acids is 6. The van der Waals surface area contributed by atoms with Crippen LogP contribution in [0.1, 0.15) is 41.5 Å². The van der Waals surface area contributed by atoms with Crippen molar-refractivity contribution >= 4 is 43.8 Å². The van der Waals surface area contributed by atoms with Gasteiger partial charge in [-0.3, -0.25) is 28.8 Å². The number of imide groups is 3.